The molecule has 2 rings (SSSR count). The van der Waals surface area contributed by atoms with Crippen molar-refractivity contribution in [3.05, 3.63) is 23.3 Å². The topological polar surface area (TPSA) is 54.0 Å². The predicted octanol–water partition coefficient (Wildman–Crippen LogP) is 5.45. The van der Waals surface area contributed by atoms with Crippen molar-refractivity contribution in [2.45, 2.75) is 96.3 Å². The number of carbonyl (C=O) groups excluding carboxylic acids is 1. The fourth-order valence-electron chi connectivity index (χ4n) is 4.17. The van der Waals surface area contributed by atoms with E-state index in [2.05, 4.69) is 60.4 Å². The minimum absolute atomic E-state index is 0.00986. The fourth-order valence-corrected chi connectivity index (χ4v) is 6.76. The molecule has 1 unspecified atom stereocenters. The van der Waals surface area contributed by atoms with Gasteiger partial charge in [0, 0.05) is 31.5 Å². The molecule has 0 bridgehead atoms. The van der Waals surface area contributed by atoms with Crippen molar-refractivity contribution in [3.8, 4) is 0 Å². The van der Waals surface area contributed by atoms with Crippen molar-refractivity contribution in [2.75, 3.05) is 14.2 Å². The summed E-state index contributed by atoms with van der Waals surface area (Å²) in [6, 6.07) is 0. The Labute approximate surface area is 185 Å². The number of methoxy groups -OCH3 is 2. The zero-order valence-corrected chi connectivity index (χ0v) is 22.8. The van der Waals surface area contributed by atoms with Gasteiger partial charge in [-0.2, -0.15) is 0 Å². The van der Waals surface area contributed by atoms with E-state index in [0.717, 1.165) is 17.6 Å². The molecule has 0 spiro atoms. The van der Waals surface area contributed by atoms with Crippen LogP contribution in [0.1, 0.15) is 40.5 Å². The van der Waals surface area contributed by atoms with Gasteiger partial charge in [-0.25, -0.2) is 0 Å². The normalized spacial score (nSPS) is 26.0. The second kappa shape index (κ2) is 8.75. The SMILES string of the molecule is COC1(OC)C=CC(=O)C2=C1C[C@H](C(C)O[Si](C)(C)C)C[C@H]2O[Si](C)(C)C(C)(C)C. The van der Waals surface area contributed by atoms with E-state index in [4.69, 9.17) is 18.3 Å². The van der Waals surface area contributed by atoms with Crippen LogP contribution < -0.4 is 0 Å². The Morgan fingerprint density at radius 3 is 2.13 bits per heavy atom. The molecule has 0 fully saturated rings. The lowest BCUT2D eigenvalue weighted by molar-refractivity contribution is -0.151. The molecule has 0 aliphatic heterocycles. The second-order valence-electron chi connectivity index (χ2n) is 11.2. The molecule has 0 heterocycles. The molecule has 0 aromatic heterocycles. The Bertz CT molecular complexity index is 708. The van der Waals surface area contributed by atoms with E-state index in [1.54, 1.807) is 26.4 Å². The molecule has 0 radical (unpaired) electrons. The number of ether oxygens (including phenoxy) is 2. The molecule has 0 amide bonds. The summed E-state index contributed by atoms with van der Waals surface area (Å²) in [5, 5.41) is 0.0499. The van der Waals surface area contributed by atoms with Crippen LogP contribution in [0.3, 0.4) is 0 Å². The van der Waals surface area contributed by atoms with Crippen molar-refractivity contribution in [1.29, 1.82) is 0 Å². The summed E-state index contributed by atoms with van der Waals surface area (Å²) in [6.45, 7) is 19.9. The standard InChI is InChI=1S/C23H42O5Si2/c1-16(27-29(7,8)9)17-14-18-21(19(24)12-13-23(18,25-5)26-6)20(15-17)28-30(10,11)22(2,3)4/h12-13,16-17,20H,14-15H2,1-11H3/t16?,17-,20+/m0/s1. The lowest BCUT2D eigenvalue weighted by atomic mass is 9.73. The number of rotatable bonds is 7. The highest BCUT2D eigenvalue weighted by atomic mass is 28.4. The maximum Gasteiger partial charge on any atom is 0.211 e. The smallest absolute Gasteiger partial charge is 0.211 e. The first-order chi connectivity index (χ1) is 13.6. The molecule has 0 aromatic rings. The van der Waals surface area contributed by atoms with Crippen LogP contribution in [-0.2, 0) is 23.1 Å². The summed E-state index contributed by atoms with van der Waals surface area (Å²) in [6.07, 6.45) is 4.61. The number of hydrogen-bond acceptors (Lipinski definition) is 5. The zero-order chi connectivity index (χ0) is 23.1. The summed E-state index contributed by atoms with van der Waals surface area (Å²) in [4.78, 5) is 13.1. The molecule has 7 heteroatoms. The van der Waals surface area contributed by atoms with E-state index in [1.165, 1.54) is 0 Å². The molecule has 5 nitrogen and oxygen atoms in total. The lowest BCUT2D eigenvalue weighted by Crippen LogP contribution is -2.51. The minimum Gasteiger partial charge on any atom is -0.415 e. The zero-order valence-electron chi connectivity index (χ0n) is 20.8. The van der Waals surface area contributed by atoms with Crippen molar-refractivity contribution in [1.82, 2.24) is 0 Å². The van der Waals surface area contributed by atoms with Crippen LogP contribution in [0.25, 0.3) is 0 Å². The maximum absolute atomic E-state index is 13.1. The highest BCUT2D eigenvalue weighted by Crippen LogP contribution is 2.47. The average molecular weight is 455 g/mol. The van der Waals surface area contributed by atoms with E-state index in [1.807, 2.05) is 0 Å². The first kappa shape index (κ1) is 25.7. The number of carbonyl (C=O) groups is 1. The molecular weight excluding hydrogens is 412 g/mol. The first-order valence-corrected chi connectivity index (χ1v) is 17.3. The molecule has 0 saturated heterocycles. The molecule has 0 saturated carbocycles. The van der Waals surface area contributed by atoms with Gasteiger partial charge in [-0.15, -0.1) is 0 Å². The third kappa shape index (κ3) is 5.24. The fraction of sp³-hybridized carbons (Fsp3) is 0.783. The monoisotopic (exact) mass is 454 g/mol. The molecule has 30 heavy (non-hydrogen) atoms. The number of allylic oxidation sites excluding steroid dienone is 1. The molecular formula is C23H42O5Si2. The van der Waals surface area contributed by atoms with Crippen LogP contribution in [0, 0.1) is 5.92 Å². The molecule has 0 aromatic carbocycles. The van der Waals surface area contributed by atoms with Crippen LogP contribution in [-0.4, -0.2) is 54.6 Å². The quantitative estimate of drug-likeness (QED) is 0.378. The molecule has 2 aliphatic carbocycles. The van der Waals surface area contributed by atoms with E-state index < -0.39 is 22.4 Å². The van der Waals surface area contributed by atoms with Gasteiger partial charge in [0.25, 0.3) is 0 Å². The van der Waals surface area contributed by atoms with Gasteiger partial charge in [0.1, 0.15) is 0 Å². The van der Waals surface area contributed by atoms with Gasteiger partial charge >= 0.3 is 0 Å². The van der Waals surface area contributed by atoms with Gasteiger partial charge < -0.3 is 18.3 Å². The maximum atomic E-state index is 13.1. The minimum atomic E-state index is -2.10. The van der Waals surface area contributed by atoms with Gasteiger partial charge in [0.2, 0.25) is 5.79 Å². The number of hydrogen-bond donors (Lipinski definition) is 0. The highest BCUT2D eigenvalue weighted by molar-refractivity contribution is 6.74. The average Bonchev–Trinajstić information content (AvgIpc) is 2.59. The Morgan fingerprint density at radius 2 is 1.67 bits per heavy atom. The van der Waals surface area contributed by atoms with Crippen molar-refractivity contribution in [3.63, 3.8) is 0 Å². The summed E-state index contributed by atoms with van der Waals surface area (Å²) in [7, 11) is -0.547. The summed E-state index contributed by atoms with van der Waals surface area (Å²) >= 11 is 0. The van der Waals surface area contributed by atoms with Gasteiger partial charge in [-0.1, -0.05) is 20.8 Å². The van der Waals surface area contributed by atoms with Crippen LogP contribution in [0.5, 0.6) is 0 Å². The van der Waals surface area contributed by atoms with Gasteiger partial charge in [-0.3, -0.25) is 4.79 Å². The van der Waals surface area contributed by atoms with Crippen LogP contribution in [0.2, 0.25) is 37.8 Å². The molecule has 172 valence electrons. The lowest BCUT2D eigenvalue weighted by Gasteiger charge is -2.47. The highest BCUT2D eigenvalue weighted by Gasteiger charge is 2.49. The third-order valence-corrected chi connectivity index (χ3v) is 12.4. The number of ketones is 1. The van der Waals surface area contributed by atoms with Gasteiger partial charge in [0.05, 0.1) is 6.10 Å². The summed E-state index contributed by atoms with van der Waals surface area (Å²) < 4.78 is 24.9. The van der Waals surface area contributed by atoms with E-state index in [-0.39, 0.29) is 28.9 Å². The van der Waals surface area contributed by atoms with Crippen molar-refractivity contribution in [2.24, 2.45) is 5.92 Å². The predicted molar refractivity (Wildman–Crippen MR) is 127 cm³/mol. The van der Waals surface area contributed by atoms with Crippen molar-refractivity contribution < 1.29 is 23.1 Å². The van der Waals surface area contributed by atoms with Crippen LogP contribution >= 0.6 is 0 Å². The summed E-state index contributed by atoms with van der Waals surface area (Å²) in [5.41, 5.74) is 1.62. The largest absolute Gasteiger partial charge is 0.415 e. The van der Waals surface area contributed by atoms with Gasteiger partial charge in [0.15, 0.2) is 22.4 Å². The van der Waals surface area contributed by atoms with E-state index >= 15 is 0 Å². The molecule has 2 aliphatic rings. The van der Waals surface area contributed by atoms with Crippen molar-refractivity contribution >= 4 is 22.4 Å². The molecule has 0 N–H and O–H groups in total. The summed E-state index contributed by atoms with van der Waals surface area (Å²) in [5.74, 6) is -0.777. The van der Waals surface area contributed by atoms with E-state index in [0.29, 0.717) is 6.42 Å². The van der Waals surface area contributed by atoms with Crippen LogP contribution in [0.4, 0.5) is 0 Å². The molecule has 3 atom stereocenters. The first-order valence-electron chi connectivity index (χ1n) is 11.0. The Balaban J connectivity index is 2.53. The third-order valence-electron chi connectivity index (χ3n) is 6.82. The Hall–Kier alpha value is -0.576. The van der Waals surface area contributed by atoms with Gasteiger partial charge in [-0.05, 0) is 75.6 Å². The second-order valence-corrected chi connectivity index (χ2v) is 20.4. The van der Waals surface area contributed by atoms with E-state index in [9.17, 15) is 4.79 Å². The van der Waals surface area contributed by atoms with Crippen LogP contribution in [0.15, 0.2) is 23.3 Å². The Kier molecular flexibility index (Phi) is 7.49. The Morgan fingerprint density at radius 1 is 1.10 bits per heavy atom.